The second kappa shape index (κ2) is 3.72. The van der Waals surface area contributed by atoms with E-state index in [4.69, 9.17) is 12.2 Å². The normalized spacial score (nSPS) is 10.2. The maximum absolute atomic E-state index is 9.43. The van der Waals surface area contributed by atoms with Crippen LogP contribution in [0.15, 0.2) is 12.1 Å². The van der Waals surface area contributed by atoms with E-state index in [0.717, 1.165) is 28.8 Å². The van der Waals surface area contributed by atoms with Crippen LogP contribution in [0.25, 0.3) is 0 Å². The molecule has 1 heterocycles. The molecule has 0 fully saturated rings. The second-order valence-electron chi connectivity index (χ2n) is 2.87. The van der Waals surface area contributed by atoms with Crippen LogP contribution < -0.4 is 0 Å². The summed E-state index contributed by atoms with van der Waals surface area (Å²) in [6, 6.07) is 3.86. The lowest BCUT2D eigenvalue weighted by molar-refractivity contribution is 0.173. The van der Waals surface area contributed by atoms with Crippen molar-refractivity contribution < 1.29 is 5.21 Å². The van der Waals surface area contributed by atoms with Crippen molar-refractivity contribution in [3.63, 3.8) is 0 Å². The molecule has 0 aliphatic rings. The van der Waals surface area contributed by atoms with Gasteiger partial charge < -0.3 is 5.21 Å². The minimum Gasteiger partial charge on any atom is -0.427 e. The molecule has 0 aromatic carbocycles. The van der Waals surface area contributed by atoms with Crippen molar-refractivity contribution in [2.45, 2.75) is 26.7 Å². The van der Waals surface area contributed by atoms with Crippen LogP contribution in [0.4, 0.5) is 0 Å². The zero-order chi connectivity index (χ0) is 9.14. The number of hydrogen-bond donors (Lipinski definition) is 1. The number of nitrogens with zero attached hydrogens (tertiary/aromatic N) is 1. The van der Waals surface area contributed by atoms with Crippen LogP contribution in [-0.4, -0.2) is 9.94 Å². The largest absolute Gasteiger partial charge is 0.427 e. The summed E-state index contributed by atoms with van der Waals surface area (Å²) in [5.41, 5.74) is 1.82. The first-order chi connectivity index (χ1) is 5.66. The molecule has 0 saturated heterocycles. The molecule has 12 heavy (non-hydrogen) atoms. The van der Waals surface area contributed by atoms with Crippen LogP contribution in [0, 0.1) is 11.6 Å². The molecule has 0 amide bonds. The molecule has 0 aliphatic carbocycles. The molecule has 1 rings (SSSR count). The van der Waals surface area contributed by atoms with Crippen LogP contribution in [0.1, 0.15) is 24.6 Å². The first-order valence-corrected chi connectivity index (χ1v) is 4.48. The number of pyridine rings is 1. The molecule has 0 unspecified atom stereocenters. The van der Waals surface area contributed by atoms with E-state index in [-0.39, 0.29) is 0 Å². The highest BCUT2D eigenvalue weighted by Gasteiger charge is 1.99. The van der Waals surface area contributed by atoms with Gasteiger partial charge in [-0.15, -0.1) is 0 Å². The highest BCUT2D eigenvalue weighted by molar-refractivity contribution is 7.71. The van der Waals surface area contributed by atoms with Crippen molar-refractivity contribution in [3.05, 3.63) is 28.0 Å². The number of aromatic nitrogens is 1. The van der Waals surface area contributed by atoms with Crippen LogP contribution in [0.2, 0.25) is 0 Å². The van der Waals surface area contributed by atoms with Gasteiger partial charge in [0.25, 0.3) is 0 Å². The van der Waals surface area contributed by atoms with E-state index in [1.165, 1.54) is 0 Å². The van der Waals surface area contributed by atoms with Gasteiger partial charge >= 0.3 is 0 Å². The molecular formula is C9H13NOS. The van der Waals surface area contributed by atoms with E-state index in [1.54, 1.807) is 0 Å². The summed E-state index contributed by atoms with van der Waals surface area (Å²) < 4.78 is 1.61. The van der Waals surface area contributed by atoms with Gasteiger partial charge in [0.2, 0.25) is 0 Å². The third-order valence-corrected chi connectivity index (χ3v) is 2.28. The van der Waals surface area contributed by atoms with Gasteiger partial charge in [0.15, 0.2) is 0 Å². The molecule has 1 aromatic heterocycles. The smallest absolute Gasteiger partial charge is 0.145 e. The van der Waals surface area contributed by atoms with Crippen molar-refractivity contribution in [1.29, 1.82) is 0 Å². The standard InChI is InChI=1S/C9H13NOS/c1-3-4-8-6-5-7(2)10(11)9(8)12/h5-6,11H,3-4H2,1-2H3. The Kier molecular flexibility index (Phi) is 2.87. The molecule has 0 bridgehead atoms. The van der Waals surface area contributed by atoms with Gasteiger partial charge in [-0.2, -0.15) is 4.73 Å². The van der Waals surface area contributed by atoms with E-state index in [2.05, 4.69) is 6.92 Å². The van der Waals surface area contributed by atoms with Crippen molar-refractivity contribution in [2.75, 3.05) is 0 Å². The van der Waals surface area contributed by atoms with Crippen molar-refractivity contribution in [3.8, 4) is 0 Å². The molecular weight excluding hydrogens is 170 g/mol. The molecule has 0 aliphatic heterocycles. The Labute approximate surface area is 77.4 Å². The van der Waals surface area contributed by atoms with Crippen molar-refractivity contribution >= 4 is 12.2 Å². The van der Waals surface area contributed by atoms with Gasteiger partial charge in [-0.3, -0.25) is 0 Å². The number of hydrogen-bond acceptors (Lipinski definition) is 2. The lowest BCUT2D eigenvalue weighted by Crippen LogP contribution is -2.02. The molecule has 1 N–H and O–H groups in total. The first kappa shape index (κ1) is 9.26. The third-order valence-electron chi connectivity index (χ3n) is 1.85. The summed E-state index contributed by atoms with van der Waals surface area (Å²) in [7, 11) is 0. The van der Waals surface area contributed by atoms with Crippen molar-refractivity contribution in [2.24, 2.45) is 0 Å². The fourth-order valence-electron chi connectivity index (χ4n) is 1.12. The van der Waals surface area contributed by atoms with Gasteiger partial charge in [0, 0.05) is 0 Å². The predicted molar refractivity (Wildman–Crippen MR) is 51.2 cm³/mol. The van der Waals surface area contributed by atoms with Crippen LogP contribution >= 0.6 is 12.2 Å². The Morgan fingerprint density at radius 2 is 2.17 bits per heavy atom. The van der Waals surface area contributed by atoms with Gasteiger partial charge in [-0.05, 0) is 25.0 Å². The summed E-state index contributed by atoms with van der Waals surface area (Å²) >= 11 is 5.06. The summed E-state index contributed by atoms with van der Waals surface area (Å²) in [4.78, 5) is 0. The SMILES string of the molecule is CCCc1ccc(C)n(O)c1=S. The molecule has 0 atom stereocenters. The minimum atomic E-state index is 0.539. The number of rotatable bonds is 2. The summed E-state index contributed by atoms with van der Waals surface area (Å²) in [5, 5.41) is 9.43. The molecule has 0 spiro atoms. The predicted octanol–water partition coefficient (Wildman–Crippen LogP) is 2.72. The van der Waals surface area contributed by atoms with E-state index < -0.39 is 0 Å². The Morgan fingerprint density at radius 3 is 2.75 bits per heavy atom. The Morgan fingerprint density at radius 1 is 1.50 bits per heavy atom. The van der Waals surface area contributed by atoms with E-state index >= 15 is 0 Å². The van der Waals surface area contributed by atoms with Crippen LogP contribution in [0.5, 0.6) is 0 Å². The summed E-state index contributed by atoms with van der Waals surface area (Å²) in [5.74, 6) is 0. The Balaban J connectivity index is 3.18. The van der Waals surface area contributed by atoms with Gasteiger partial charge in [-0.1, -0.05) is 31.6 Å². The molecule has 3 heteroatoms. The molecule has 0 radical (unpaired) electrons. The van der Waals surface area contributed by atoms with Crippen LogP contribution in [0.3, 0.4) is 0 Å². The topological polar surface area (TPSA) is 25.2 Å². The maximum atomic E-state index is 9.43. The van der Waals surface area contributed by atoms with Crippen LogP contribution in [-0.2, 0) is 6.42 Å². The first-order valence-electron chi connectivity index (χ1n) is 4.07. The average Bonchev–Trinajstić information content (AvgIpc) is 2.07. The zero-order valence-electron chi connectivity index (χ0n) is 7.37. The van der Waals surface area contributed by atoms with E-state index in [0.29, 0.717) is 4.64 Å². The Hall–Kier alpha value is -0.830. The van der Waals surface area contributed by atoms with Gasteiger partial charge in [-0.25, -0.2) is 0 Å². The fourth-order valence-corrected chi connectivity index (χ4v) is 1.43. The number of aryl methyl sites for hydroxylation is 2. The molecule has 0 saturated carbocycles. The van der Waals surface area contributed by atoms with E-state index in [1.807, 2.05) is 19.1 Å². The van der Waals surface area contributed by atoms with Gasteiger partial charge in [0.1, 0.15) is 4.64 Å². The molecule has 1 aromatic rings. The lowest BCUT2D eigenvalue weighted by Gasteiger charge is -2.05. The van der Waals surface area contributed by atoms with Gasteiger partial charge in [0.05, 0.1) is 5.69 Å². The van der Waals surface area contributed by atoms with Crippen molar-refractivity contribution in [1.82, 2.24) is 4.73 Å². The zero-order valence-corrected chi connectivity index (χ0v) is 8.19. The maximum Gasteiger partial charge on any atom is 0.145 e. The highest BCUT2D eigenvalue weighted by Crippen LogP contribution is 2.07. The van der Waals surface area contributed by atoms with E-state index in [9.17, 15) is 5.21 Å². The summed E-state index contributed by atoms with van der Waals surface area (Å²) in [6.07, 6.45) is 1.98. The lowest BCUT2D eigenvalue weighted by atomic mass is 10.1. The average molecular weight is 183 g/mol. The Bertz CT molecular complexity index is 330. The molecule has 66 valence electrons. The minimum absolute atomic E-state index is 0.539. The summed E-state index contributed by atoms with van der Waals surface area (Å²) in [6.45, 7) is 3.92. The molecule has 2 nitrogen and oxygen atoms in total. The fraction of sp³-hybridized carbons (Fsp3) is 0.444. The third kappa shape index (κ3) is 1.67. The second-order valence-corrected chi connectivity index (χ2v) is 3.25. The monoisotopic (exact) mass is 183 g/mol. The quantitative estimate of drug-likeness (QED) is 0.563. The highest BCUT2D eigenvalue weighted by atomic mass is 32.1.